The fraction of sp³-hybridized carbons (Fsp3) is 0.500. The normalized spacial score (nSPS) is 17.7. The second kappa shape index (κ2) is 9.00. The van der Waals surface area contributed by atoms with Crippen LogP contribution < -0.4 is 5.32 Å². The van der Waals surface area contributed by atoms with Crippen LogP contribution in [0.4, 0.5) is 0 Å². The Balaban J connectivity index is 1.50. The lowest BCUT2D eigenvalue weighted by atomic mass is 10.1. The van der Waals surface area contributed by atoms with E-state index in [2.05, 4.69) is 25.3 Å². The highest BCUT2D eigenvalue weighted by molar-refractivity contribution is 6.30. The first-order valence-electron chi connectivity index (χ1n) is 8.72. The van der Waals surface area contributed by atoms with E-state index in [4.69, 9.17) is 20.9 Å². The zero-order valence-corrected chi connectivity index (χ0v) is 15.9. The lowest BCUT2D eigenvalue weighted by Gasteiger charge is -2.21. The molecule has 1 unspecified atom stereocenters. The van der Waals surface area contributed by atoms with Crippen molar-refractivity contribution in [1.82, 2.24) is 20.4 Å². The molecule has 1 fully saturated rings. The van der Waals surface area contributed by atoms with Gasteiger partial charge in [0.2, 0.25) is 11.7 Å². The molecule has 2 heterocycles. The average Bonchev–Trinajstić information content (AvgIpc) is 3.29. The number of nitrogens with zero attached hydrogens (tertiary/aromatic N) is 4. The summed E-state index contributed by atoms with van der Waals surface area (Å²) < 4.78 is 10.6. The summed E-state index contributed by atoms with van der Waals surface area (Å²) in [5, 5.41) is 8.04. The minimum Gasteiger partial charge on any atom is -0.384 e. The van der Waals surface area contributed by atoms with Gasteiger partial charge in [-0.1, -0.05) is 28.9 Å². The molecular formula is C18H24ClN5O2. The summed E-state index contributed by atoms with van der Waals surface area (Å²) in [7, 11) is 3.55. The molecule has 0 amide bonds. The van der Waals surface area contributed by atoms with Crippen molar-refractivity contribution in [2.24, 2.45) is 10.9 Å². The molecule has 1 atom stereocenters. The maximum absolute atomic E-state index is 6.01. The number of hydrogen-bond acceptors (Lipinski definition) is 5. The Morgan fingerprint density at radius 1 is 1.50 bits per heavy atom. The number of likely N-dealkylation sites (tertiary alicyclic amines) is 1. The summed E-state index contributed by atoms with van der Waals surface area (Å²) in [6.07, 6.45) is 1.75. The molecule has 0 saturated carbocycles. The fourth-order valence-electron chi connectivity index (χ4n) is 3.11. The highest BCUT2D eigenvalue weighted by Crippen LogP contribution is 2.20. The minimum absolute atomic E-state index is 0.550. The molecule has 1 aliphatic rings. The van der Waals surface area contributed by atoms with Gasteiger partial charge in [0.05, 0.1) is 6.61 Å². The van der Waals surface area contributed by atoms with Crippen LogP contribution in [0, 0.1) is 5.92 Å². The monoisotopic (exact) mass is 377 g/mol. The maximum atomic E-state index is 6.01. The van der Waals surface area contributed by atoms with E-state index in [0.29, 0.717) is 35.6 Å². The number of aromatic nitrogens is 2. The van der Waals surface area contributed by atoms with Crippen LogP contribution in [-0.4, -0.2) is 61.4 Å². The molecule has 0 radical (unpaired) electrons. The molecule has 140 valence electrons. The van der Waals surface area contributed by atoms with E-state index in [9.17, 15) is 0 Å². The summed E-state index contributed by atoms with van der Waals surface area (Å²) in [6, 6.07) is 7.41. The Kier molecular flexibility index (Phi) is 6.46. The molecule has 1 N–H and O–H groups in total. The Labute approximate surface area is 158 Å². The lowest BCUT2D eigenvalue weighted by Crippen LogP contribution is -2.41. The van der Waals surface area contributed by atoms with E-state index in [-0.39, 0.29) is 0 Å². The molecule has 1 aliphatic heterocycles. The summed E-state index contributed by atoms with van der Waals surface area (Å²) in [5.41, 5.74) is 0.845. The van der Waals surface area contributed by atoms with E-state index in [0.717, 1.165) is 37.6 Å². The van der Waals surface area contributed by atoms with Crippen molar-refractivity contribution in [2.75, 3.05) is 40.4 Å². The highest BCUT2D eigenvalue weighted by Gasteiger charge is 2.24. The SMILES string of the molecule is CN=C(NCCc1nc(-c2cccc(Cl)c2)no1)N1CCC(COC)C1. The Morgan fingerprint density at radius 2 is 2.38 bits per heavy atom. The molecule has 8 heteroatoms. The van der Waals surface area contributed by atoms with Crippen molar-refractivity contribution in [2.45, 2.75) is 12.8 Å². The number of hydrogen-bond donors (Lipinski definition) is 1. The van der Waals surface area contributed by atoms with Gasteiger partial charge in [-0.25, -0.2) is 0 Å². The quantitative estimate of drug-likeness (QED) is 0.615. The summed E-state index contributed by atoms with van der Waals surface area (Å²) in [6.45, 7) is 3.43. The van der Waals surface area contributed by atoms with Gasteiger partial charge < -0.3 is 19.5 Å². The fourth-order valence-corrected chi connectivity index (χ4v) is 3.30. The third-order valence-corrected chi connectivity index (χ3v) is 4.61. The van der Waals surface area contributed by atoms with Crippen molar-refractivity contribution in [3.8, 4) is 11.4 Å². The van der Waals surface area contributed by atoms with Gasteiger partial charge in [0, 0.05) is 56.7 Å². The molecule has 0 aliphatic carbocycles. The van der Waals surface area contributed by atoms with Crippen LogP contribution in [0.15, 0.2) is 33.8 Å². The summed E-state index contributed by atoms with van der Waals surface area (Å²) in [4.78, 5) is 11.1. The first kappa shape index (κ1) is 18.7. The van der Waals surface area contributed by atoms with Crippen molar-refractivity contribution in [1.29, 1.82) is 0 Å². The van der Waals surface area contributed by atoms with E-state index in [1.54, 1.807) is 14.2 Å². The van der Waals surface area contributed by atoms with Gasteiger partial charge in [-0.2, -0.15) is 4.98 Å². The number of nitrogens with one attached hydrogen (secondary N) is 1. The van der Waals surface area contributed by atoms with Crippen molar-refractivity contribution in [3.05, 3.63) is 35.2 Å². The van der Waals surface area contributed by atoms with Crippen molar-refractivity contribution >= 4 is 17.6 Å². The van der Waals surface area contributed by atoms with Crippen LogP contribution in [0.25, 0.3) is 11.4 Å². The molecule has 1 saturated heterocycles. The predicted molar refractivity (Wildman–Crippen MR) is 101 cm³/mol. The van der Waals surface area contributed by atoms with Gasteiger partial charge in [0.25, 0.3) is 0 Å². The number of guanidine groups is 1. The average molecular weight is 378 g/mol. The number of ether oxygens (including phenoxy) is 1. The highest BCUT2D eigenvalue weighted by atomic mass is 35.5. The molecule has 2 aromatic rings. The topological polar surface area (TPSA) is 75.8 Å². The molecular weight excluding hydrogens is 354 g/mol. The van der Waals surface area contributed by atoms with Crippen molar-refractivity contribution < 1.29 is 9.26 Å². The Bertz CT molecular complexity index is 749. The second-order valence-electron chi connectivity index (χ2n) is 6.30. The predicted octanol–water partition coefficient (Wildman–Crippen LogP) is 2.48. The number of methoxy groups -OCH3 is 1. The standard InChI is InChI=1S/C18H24ClN5O2/c1-20-18(24-9-7-13(11-24)12-25-2)21-8-6-16-22-17(23-26-16)14-4-3-5-15(19)10-14/h3-5,10,13H,6-9,11-12H2,1-2H3,(H,20,21). The summed E-state index contributed by atoms with van der Waals surface area (Å²) >= 11 is 6.01. The van der Waals surface area contributed by atoms with Crippen molar-refractivity contribution in [3.63, 3.8) is 0 Å². The van der Waals surface area contributed by atoms with Gasteiger partial charge in [-0.15, -0.1) is 0 Å². The Morgan fingerprint density at radius 3 is 3.15 bits per heavy atom. The largest absolute Gasteiger partial charge is 0.384 e. The van der Waals surface area contributed by atoms with Crippen LogP contribution in [0.1, 0.15) is 12.3 Å². The minimum atomic E-state index is 0.550. The smallest absolute Gasteiger partial charge is 0.228 e. The van der Waals surface area contributed by atoms with Crippen LogP contribution in [-0.2, 0) is 11.2 Å². The molecule has 7 nitrogen and oxygen atoms in total. The van der Waals surface area contributed by atoms with Gasteiger partial charge in [0.1, 0.15) is 0 Å². The molecule has 26 heavy (non-hydrogen) atoms. The van der Waals surface area contributed by atoms with Crippen LogP contribution >= 0.6 is 11.6 Å². The first-order valence-corrected chi connectivity index (χ1v) is 9.10. The maximum Gasteiger partial charge on any atom is 0.228 e. The summed E-state index contributed by atoms with van der Waals surface area (Å²) in [5.74, 6) is 2.60. The van der Waals surface area contributed by atoms with Gasteiger partial charge in [-0.05, 0) is 18.6 Å². The van der Waals surface area contributed by atoms with E-state index >= 15 is 0 Å². The van der Waals surface area contributed by atoms with Crippen LogP contribution in [0.3, 0.4) is 0 Å². The molecule has 0 bridgehead atoms. The number of aliphatic imine (C=N–C) groups is 1. The van der Waals surface area contributed by atoms with Gasteiger partial charge >= 0.3 is 0 Å². The molecule has 3 rings (SSSR count). The van der Waals surface area contributed by atoms with E-state index in [1.165, 1.54) is 0 Å². The third kappa shape index (κ3) is 4.74. The van der Waals surface area contributed by atoms with Gasteiger partial charge in [-0.3, -0.25) is 4.99 Å². The van der Waals surface area contributed by atoms with E-state index < -0.39 is 0 Å². The number of benzene rings is 1. The third-order valence-electron chi connectivity index (χ3n) is 4.37. The number of halogens is 1. The van der Waals surface area contributed by atoms with Crippen LogP contribution in [0.5, 0.6) is 0 Å². The lowest BCUT2D eigenvalue weighted by molar-refractivity contribution is 0.157. The molecule has 1 aromatic carbocycles. The van der Waals surface area contributed by atoms with E-state index in [1.807, 2.05) is 24.3 Å². The molecule has 0 spiro atoms. The Hall–Kier alpha value is -2.12. The zero-order valence-electron chi connectivity index (χ0n) is 15.1. The first-order chi connectivity index (χ1) is 12.7. The van der Waals surface area contributed by atoms with Gasteiger partial charge in [0.15, 0.2) is 5.96 Å². The second-order valence-corrected chi connectivity index (χ2v) is 6.74. The van der Waals surface area contributed by atoms with Crippen LogP contribution in [0.2, 0.25) is 5.02 Å². The zero-order chi connectivity index (χ0) is 18.4. The molecule has 1 aromatic heterocycles. The number of rotatable bonds is 6.